The lowest BCUT2D eigenvalue weighted by Gasteiger charge is -2.05. The molecule has 2 aromatic rings. The van der Waals surface area contributed by atoms with Crippen molar-refractivity contribution in [2.45, 2.75) is 6.42 Å². The highest BCUT2D eigenvalue weighted by molar-refractivity contribution is 6.18. The summed E-state index contributed by atoms with van der Waals surface area (Å²) >= 11 is 5.65. The van der Waals surface area contributed by atoms with Crippen molar-refractivity contribution in [1.82, 2.24) is 4.98 Å². The lowest BCUT2D eigenvalue weighted by molar-refractivity contribution is 0.102. The molecule has 1 aromatic heterocycles. The summed E-state index contributed by atoms with van der Waals surface area (Å²) in [7, 11) is 0. The van der Waals surface area contributed by atoms with Crippen LogP contribution in [0.15, 0.2) is 47.5 Å². The number of anilines is 1. The summed E-state index contributed by atoms with van der Waals surface area (Å²) in [4.78, 5) is 26.1. The van der Waals surface area contributed by atoms with Crippen LogP contribution in [-0.2, 0) is 6.42 Å². The molecule has 0 aliphatic rings. The van der Waals surface area contributed by atoms with E-state index in [0.29, 0.717) is 11.6 Å². The molecular formula is C14H13ClN2O2. The van der Waals surface area contributed by atoms with Crippen LogP contribution >= 0.6 is 11.6 Å². The molecule has 0 unspecified atom stereocenters. The normalized spacial score (nSPS) is 10.2. The molecule has 0 aliphatic heterocycles. The van der Waals surface area contributed by atoms with E-state index < -0.39 is 5.91 Å². The van der Waals surface area contributed by atoms with Crippen LogP contribution in [0.4, 0.5) is 5.69 Å². The predicted molar refractivity (Wildman–Crippen MR) is 75.9 cm³/mol. The number of carbonyl (C=O) groups excluding carboxylic acids is 1. The highest BCUT2D eigenvalue weighted by Gasteiger charge is 2.09. The summed E-state index contributed by atoms with van der Waals surface area (Å²) in [5.41, 5.74) is 1.53. The lowest BCUT2D eigenvalue weighted by atomic mass is 10.1. The van der Waals surface area contributed by atoms with E-state index in [1.807, 2.05) is 12.1 Å². The monoisotopic (exact) mass is 276 g/mol. The number of aromatic nitrogens is 1. The van der Waals surface area contributed by atoms with E-state index >= 15 is 0 Å². The van der Waals surface area contributed by atoms with Gasteiger partial charge in [0.1, 0.15) is 5.56 Å². The molecule has 2 N–H and O–H groups in total. The van der Waals surface area contributed by atoms with Gasteiger partial charge >= 0.3 is 0 Å². The minimum Gasteiger partial charge on any atom is -0.367 e. The third-order valence-corrected chi connectivity index (χ3v) is 2.85. The van der Waals surface area contributed by atoms with Crippen LogP contribution in [0, 0.1) is 0 Å². The average Bonchev–Trinajstić information content (AvgIpc) is 2.42. The third-order valence-electron chi connectivity index (χ3n) is 2.66. The summed E-state index contributed by atoms with van der Waals surface area (Å²) in [6.07, 6.45) is 3.66. The Kier molecular flexibility index (Phi) is 4.36. The van der Waals surface area contributed by atoms with Gasteiger partial charge < -0.3 is 10.3 Å². The molecule has 0 atom stereocenters. The van der Waals surface area contributed by atoms with E-state index in [0.717, 1.165) is 12.0 Å². The molecular weight excluding hydrogens is 264 g/mol. The predicted octanol–water partition coefficient (Wildman–Crippen LogP) is 2.41. The van der Waals surface area contributed by atoms with Gasteiger partial charge in [0.25, 0.3) is 5.91 Å². The SMILES string of the molecule is O=C(Nc1ccc(CCCl)cc1)c1c[nH]ccc1=O. The van der Waals surface area contributed by atoms with Crippen LogP contribution < -0.4 is 10.7 Å². The van der Waals surface area contributed by atoms with Crippen LogP contribution in [0.3, 0.4) is 0 Å². The number of aryl methyl sites for hydroxylation is 1. The zero-order chi connectivity index (χ0) is 13.7. The van der Waals surface area contributed by atoms with Crippen LogP contribution in [0.5, 0.6) is 0 Å². The number of nitrogens with one attached hydrogen (secondary N) is 2. The molecule has 0 fully saturated rings. The van der Waals surface area contributed by atoms with Crippen molar-refractivity contribution in [2.75, 3.05) is 11.2 Å². The number of rotatable bonds is 4. The van der Waals surface area contributed by atoms with Gasteiger partial charge in [-0.1, -0.05) is 12.1 Å². The van der Waals surface area contributed by atoms with E-state index in [1.54, 1.807) is 12.1 Å². The number of benzene rings is 1. The topological polar surface area (TPSA) is 62.0 Å². The highest BCUT2D eigenvalue weighted by Crippen LogP contribution is 2.11. The van der Waals surface area contributed by atoms with Crippen molar-refractivity contribution in [3.8, 4) is 0 Å². The Morgan fingerprint density at radius 1 is 1.21 bits per heavy atom. The molecule has 1 amide bonds. The third kappa shape index (κ3) is 3.45. The lowest BCUT2D eigenvalue weighted by Crippen LogP contribution is -2.20. The zero-order valence-electron chi connectivity index (χ0n) is 10.2. The molecule has 4 nitrogen and oxygen atoms in total. The molecule has 0 spiro atoms. The fourth-order valence-electron chi connectivity index (χ4n) is 1.66. The standard InChI is InChI=1S/C14H13ClN2O2/c15-7-5-10-1-3-11(4-2-10)17-14(19)12-9-16-8-6-13(12)18/h1-4,6,8-9H,5,7H2,(H,16,18)(H,17,19). The maximum Gasteiger partial charge on any atom is 0.261 e. The van der Waals surface area contributed by atoms with Crippen molar-refractivity contribution in [1.29, 1.82) is 0 Å². The molecule has 5 heteroatoms. The number of hydrogen-bond donors (Lipinski definition) is 2. The Morgan fingerprint density at radius 2 is 1.95 bits per heavy atom. The van der Waals surface area contributed by atoms with Gasteiger partial charge in [0, 0.05) is 30.0 Å². The average molecular weight is 277 g/mol. The minimum atomic E-state index is -0.424. The van der Waals surface area contributed by atoms with Gasteiger partial charge in [-0.15, -0.1) is 11.6 Å². The Balaban J connectivity index is 2.11. The fourth-order valence-corrected chi connectivity index (χ4v) is 1.87. The molecule has 0 radical (unpaired) electrons. The van der Waals surface area contributed by atoms with Crippen molar-refractivity contribution < 1.29 is 4.79 Å². The van der Waals surface area contributed by atoms with Crippen LogP contribution in [-0.4, -0.2) is 16.8 Å². The second-order valence-electron chi connectivity index (χ2n) is 4.01. The quantitative estimate of drug-likeness (QED) is 0.843. The summed E-state index contributed by atoms with van der Waals surface area (Å²) in [6.45, 7) is 0. The maximum atomic E-state index is 11.9. The first-order valence-corrected chi connectivity index (χ1v) is 6.37. The molecule has 0 bridgehead atoms. The fraction of sp³-hybridized carbons (Fsp3) is 0.143. The van der Waals surface area contributed by atoms with Crippen molar-refractivity contribution in [3.63, 3.8) is 0 Å². The first-order valence-electron chi connectivity index (χ1n) is 5.84. The Hall–Kier alpha value is -2.07. The van der Waals surface area contributed by atoms with Gasteiger partial charge in [0.2, 0.25) is 0 Å². The number of hydrogen-bond acceptors (Lipinski definition) is 2. The number of amides is 1. The number of carbonyl (C=O) groups is 1. The van der Waals surface area contributed by atoms with Gasteiger partial charge in [-0.3, -0.25) is 9.59 Å². The number of H-pyrrole nitrogens is 1. The molecule has 19 heavy (non-hydrogen) atoms. The first-order chi connectivity index (χ1) is 9.20. The van der Waals surface area contributed by atoms with E-state index in [-0.39, 0.29) is 11.0 Å². The molecule has 1 heterocycles. The van der Waals surface area contributed by atoms with Gasteiger partial charge in [-0.25, -0.2) is 0 Å². The number of halogens is 1. The van der Waals surface area contributed by atoms with Crippen LogP contribution in [0.2, 0.25) is 0 Å². The van der Waals surface area contributed by atoms with Gasteiger partial charge in [0.15, 0.2) is 5.43 Å². The van der Waals surface area contributed by atoms with E-state index in [9.17, 15) is 9.59 Å². The molecule has 0 saturated carbocycles. The van der Waals surface area contributed by atoms with Crippen LogP contribution in [0.25, 0.3) is 0 Å². The van der Waals surface area contributed by atoms with Crippen molar-refractivity contribution >= 4 is 23.2 Å². The summed E-state index contributed by atoms with van der Waals surface area (Å²) in [5, 5.41) is 2.68. The maximum absolute atomic E-state index is 11.9. The molecule has 1 aromatic carbocycles. The largest absolute Gasteiger partial charge is 0.367 e. The summed E-state index contributed by atoms with van der Waals surface area (Å²) in [5.74, 6) is 0.136. The van der Waals surface area contributed by atoms with E-state index in [4.69, 9.17) is 11.6 Å². The molecule has 98 valence electrons. The van der Waals surface area contributed by atoms with Gasteiger partial charge in [-0.05, 0) is 24.1 Å². The van der Waals surface area contributed by atoms with Crippen LogP contribution in [0.1, 0.15) is 15.9 Å². The highest BCUT2D eigenvalue weighted by atomic mass is 35.5. The molecule has 2 rings (SSSR count). The first kappa shape index (κ1) is 13.4. The Bertz CT molecular complexity index is 620. The molecule has 0 saturated heterocycles. The second-order valence-corrected chi connectivity index (χ2v) is 4.39. The number of alkyl halides is 1. The van der Waals surface area contributed by atoms with Gasteiger partial charge in [0.05, 0.1) is 0 Å². The van der Waals surface area contributed by atoms with Crippen molar-refractivity contribution in [2.24, 2.45) is 0 Å². The van der Waals surface area contributed by atoms with E-state index in [1.165, 1.54) is 18.5 Å². The summed E-state index contributed by atoms with van der Waals surface area (Å²) in [6, 6.07) is 8.69. The molecule has 0 aliphatic carbocycles. The minimum absolute atomic E-state index is 0.0901. The summed E-state index contributed by atoms with van der Waals surface area (Å²) < 4.78 is 0. The van der Waals surface area contributed by atoms with Crippen molar-refractivity contribution in [3.05, 3.63) is 64.1 Å². The zero-order valence-corrected chi connectivity index (χ0v) is 10.9. The smallest absolute Gasteiger partial charge is 0.261 e. The number of aromatic amines is 1. The Labute approximate surface area is 115 Å². The van der Waals surface area contributed by atoms with E-state index in [2.05, 4.69) is 10.3 Å². The van der Waals surface area contributed by atoms with Gasteiger partial charge in [-0.2, -0.15) is 0 Å². The Morgan fingerprint density at radius 3 is 2.58 bits per heavy atom. The number of pyridine rings is 1. The second kappa shape index (κ2) is 6.20.